The van der Waals surface area contributed by atoms with E-state index in [2.05, 4.69) is 23.7 Å². The van der Waals surface area contributed by atoms with Crippen LogP contribution in [-0.2, 0) is 200 Å². The zero-order valence-electron chi connectivity index (χ0n) is 72.5. The van der Waals surface area contributed by atoms with Crippen LogP contribution in [0.5, 0.6) is 0 Å². The molecule has 52 nitrogen and oxygen atoms in total. The highest BCUT2D eigenvalue weighted by Crippen LogP contribution is 2.36. The number of methoxy groups -OCH3 is 5. The van der Waals surface area contributed by atoms with E-state index in [4.69, 9.17) is 75.8 Å². The van der Waals surface area contributed by atoms with Crippen LogP contribution in [0.2, 0.25) is 0 Å². The molecule has 52 heteroatoms. The average Bonchev–Trinajstić information content (AvgIpc) is 0.781. The third-order valence-corrected chi connectivity index (χ3v) is 19.0. The smallest absolute Gasteiger partial charge is 0.417 e. The van der Waals surface area contributed by atoms with Crippen LogP contribution in [0.4, 0.5) is 0 Å². The molecular formula is C75H110O52. The first-order valence-corrected chi connectivity index (χ1v) is 37.1. The molecule has 0 aliphatic heterocycles. The van der Waals surface area contributed by atoms with Crippen molar-refractivity contribution in [2.45, 2.75) is 76.2 Å². The van der Waals surface area contributed by atoms with Crippen molar-refractivity contribution in [3.05, 3.63) is 0 Å². The number of ether oxygens (including phenoxy) is 21. The standard InChI is InChI=1S/C75H110O52/c1-64(17-76,18-77)53(96)117-32-71(8,26-85)60(103)124-39-75(40-125-61(104)72(9,33-118-54(97)65(2,19-78)20-79)34-119-55(98)66(3,21-80)27-112-48(91)43(86)107-12,41-126-62(105)73(10,35-120-56(99)67(4,22-81)28-113-49(92)44(87)108-13)36-121-57(100)68(5,23-82)29-114-50(93)45(88)109-14)42-127-63(106)74(11,37-122-58(101)69(6,24-83)30-115-51(94)46(89)110-15)38-123-59(102)70(7,25-84)31-116-52(95)47(90)111-16/h76-85H,17-42H2,1-16H3. The summed E-state index contributed by atoms with van der Waals surface area (Å²) in [4.78, 5) is 280. The predicted molar refractivity (Wildman–Crippen MR) is 398 cm³/mol. The van der Waals surface area contributed by atoms with Crippen molar-refractivity contribution in [3.63, 3.8) is 0 Å². The number of rotatable bonds is 53. The molecule has 0 amide bonds. The van der Waals surface area contributed by atoms with E-state index in [1.807, 2.05) is 0 Å². The van der Waals surface area contributed by atoms with E-state index in [0.29, 0.717) is 0 Å². The van der Waals surface area contributed by atoms with E-state index < -0.39 is 362 Å². The largest absolute Gasteiger partial charge is 0.464 e. The summed E-state index contributed by atoms with van der Waals surface area (Å²) in [5.41, 5.74) is -30.8. The van der Waals surface area contributed by atoms with Gasteiger partial charge in [-0.15, -0.1) is 0 Å². The zero-order chi connectivity index (χ0) is 98.4. The number of hydrogen-bond acceptors (Lipinski definition) is 52. The summed E-state index contributed by atoms with van der Waals surface area (Å²) < 4.78 is 106. The SMILES string of the molecule is COC(=O)C(=O)OCC(C)(CO)C(=O)OCC(C)(COC(=O)C(C)(CO)CO)C(=O)OCC(COC(=O)C(C)(CO)COC(=O)C(C)(CO)CO)(COC(=O)C(C)(COC(=O)C(C)(CO)COC(=O)C(=O)OC)COC(=O)C(C)(CO)COC(=O)C(=O)OC)COC(=O)C(C)(COC(=O)C(C)(CO)COC(=O)C(=O)OC)COC(=O)C(C)(CO)COC(=O)C(=O)OC. The highest BCUT2D eigenvalue weighted by molar-refractivity contribution is 6.31. The van der Waals surface area contributed by atoms with Gasteiger partial charge in [-0.1, -0.05) is 0 Å². The lowest BCUT2D eigenvalue weighted by molar-refractivity contribution is -0.192. The Morgan fingerprint density at radius 2 is 0.252 bits per heavy atom. The molecule has 0 radical (unpaired) electrons. The van der Waals surface area contributed by atoms with Crippen molar-refractivity contribution >= 4 is 125 Å². The molecule has 0 rings (SSSR count). The molecule has 0 saturated heterocycles. The van der Waals surface area contributed by atoms with Gasteiger partial charge < -0.3 is 151 Å². The van der Waals surface area contributed by atoms with Gasteiger partial charge in [0.15, 0.2) is 0 Å². The first kappa shape index (κ1) is 115. The number of carbonyl (C=O) groups excluding carboxylic acids is 21. The Labute approximate surface area is 722 Å². The van der Waals surface area contributed by atoms with E-state index in [0.717, 1.165) is 112 Å². The molecule has 0 spiro atoms. The second kappa shape index (κ2) is 50.7. The second-order valence-corrected chi connectivity index (χ2v) is 31.9. The second-order valence-electron chi connectivity index (χ2n) is 31.9. The lowest BCUT2D eigenvalue weighted by Gasteiger charge is -2.37. The Bertz CT molecular complexity index is 3640. The zero-order valence-corrected chi connectivity index (χ0v) is 72.5. The molecule has 0 bridgehead atoms. The average molecular weight is 1840 g/mol. The van der Waals surface area contributed by atoms with Crippen molar-refractivity contribution in [2.24, 2.45) is 65.0 Å². The number of carbonyl (C=O) groups is 21. The summed E-state index contributed by atoms with van der Waals surface area (Å²) in [6.07, 6.45) is 0. The molecule has 127 heavy (non-hydrogen) atoms. The van der Waals surface area contributed by atoms with Gasteiger partial charge in [-0.3, -0.25) is 52.7 Å². The van der Waals surface area contributed by atoms with Crippen LogP contribution >= 0.6 is 0 Å². The van der Waals surface area contributed by atoms with Crippen LogP contribution in [0.25, 0.3) is 0 Å². The molecule has 722 valence electrons. The van der Waals surface area contributed by atoms with Gasteiger partial charge in [0, 0.05) is 0 Å². The van der Waals surface area contributed by atoms with Crippen molar-refractivity contribution in [1.29, 1.82) is 0 Å². The summed E-state index contributed by atoms with van der Waals surface area (Å²) >= 11 is 0. The molecule has 0 aliphatic rings. The Morgan fingerprint density at radius 3 is 0.378 bits per heavy atom. The van der Waals surface area contributed by atoms with Gasteiger partial charge in [-0.25, -0.2) is 47.9 Å². The number of hydrogen-bond donors (Lipinski definition) is 10. The van der Waals surface area contributed by atoms with Crippen molar-refractivity contribution < 1.29 is 251 Å². The molecule has 0 aromatic rings. The fraction of sp³-hybridized carbons (Fsp3) is 0.720. The molecule has 0 aliphatic carbocycles. The minimum Gasteiger partial charge on any atom is -0.464 e. The van der Waals surface area contributed by atoms with E-state index in [1.54, 1.807) is 0 Å². The summed E-state index contributed by atoms with van der Waals surface area (Å²) in [6.45, 7) is -26.4. The molecule has 7 unspecified atom stereocenters. The van der Waals surface area contributed by atoms with Gasteiger partial charge in [-0.2, -0.15) is 0 Å². The van der Waals surface area contributed by atoms with Crippen molar-refractivity contribution in [2.75, 3.05) is 207 Å². The minimum atomic E-state index is -3.08. The Kier molecular flexibility index (Phi) is 46.1. The number of aliphatic hydroxyl groups is 10. The predicted octanol–water partition coefficient (Wildman–Crippen LogP) is -8.48. The molecule has 0 heterocycles. The molecule has 0 aromatic heterocycles. The van der Waals surface area contributed by atoms with Gasteiger partial charge in [0.05, 0.1) is 102 Å². The normalized spacial score (nSPS) is 16.0. The van der Waals surface area contributed by atoms with Gasteiger partial charge >= 0.3 is 125 Å². The summed E-state index contributed by atoms with van der Waals surface area (Å²) in [5.74, 6) is -35.3. The highest BCUT2D eigenvalue weighted by Gasteiger charge is 2.53. The van der Waals surface area contributed by atoms with Crippen molar-refractivity contribution in [1.82, 2.24) is 0 Å². The van der Waals surface area contributed by atoms with Crippen LogP contribution in [-0.4, -0.2) is 384 Å². The van der Waals surface area contributed by atoms with Crippen molar-refractivity contribution in [3.8, 4) is 0 Å². The Morgan fingerprint density at radius 1 is 0.150 bits per heavy atom. The van der Waals surface area contributed by atoms with Gasteiger partial charge in [0.1, 0.15) is 171 Å². The quantitative estimate of drug-likeness (QED) is 0.0154. The van der Waals surface area contributed by atoms with E-state index in [9.17, 15) is 137 Å². The maximum atomic E-state index is 15.5. The Hall–Kier alpha value is -11.5. The van der Waals surface area contributed by atoms with Crippen LogP contribution in [0.15, 0.2) is 0 Å². The topological polar surface area (TPSA) is 755 Å². The summed E-state index contributed by atoms with van der Waals surface area (Å²) in [5, 5.41) is 104. The molecule has 7 atom stereocenters. The van der Waals surface area contributed by atoms with Gasteiger partial charge in [-0.05, 0) is 76.2 Å². The monoisotopic (exact) mass is 1840 g/mol. The third-order valence-electron chi connectivity index (χ3n) is 19.0. The maximum Gasteiger partial charge on any atom is 0.417 e. The van der Waals surface area contributed by atoms with Crippen LogP contribution in [0.3, 0.4) is 0 Å². The summed E-state index contributed by atoms with van der Waals surface area (Å²) in [7, 11) is 3.78. The first-order valence-electron chi connectivity index (χ1n) is 37.1. The number of aliphatic hydroxyl groups excluding tert-OH is 10. The van der Waals surface area contributed by atoms with E-state index in [1.165, 1.54) is 0 Å². The minimum absolute atomic E-state index is 0.743. The van der Waals surface area contributed by atoms with Gasteiger partial charge in [0.25, 0.3) is 0 Å². The molecular weight excluding hydrogens is 1730 g/mol. The molecule has 0 fully saturated rings. The molecule has 10 N–H and O–H groups in total. The lowest BCUT2D eigenvalue weighted by Crippen LogP contribution is -2.51. The van der Waals surface area contributed by atoms with Crippen LogP contribution in [0, 0.1) is 65.0 Å². The third kappa shape index (κ3) is 32.7. The first-order chi connectivity index (χ1) is 58.8. The number of esters is 21. The highest BCUT2D eigenvalue weighted by atomic mass is 16.7. The van der Waals surface area contributed by atoms with E-state index in [-0.39, 0.29) is 0 Å². The molecule has 0 aromatic carbocycles. The van der Waals surface area contributed by atoms with Crippen LogP contribution in [0.1, 0.15) is 76.2 Å². The summed E-state index contributed by atoms with van der Waals surface area (Å²) in [6, 6.07) is 0. The lowest BCUT2D eigenvalue weighted by atomic mass is 9.88. The Balaban J connectivity index is 9.96. The van der Waals surface area contributed by atoms with Crippen LogP contribution < -0.4 is 0 Å². The van der Waals surface area contributed by atoms with E-state index >= 15 is 14.4 Å². The molecule has 0 saturated carbocycles. The van der Waals surface area contributed by atoms with Gasteiger partial charge in [0.2, 0.25) is 0 Å². The fourth-order valence-corrected chi connectivity index (χ4v) is 8.30. The maximum absolute atomic E-state index is 15.5. The fourth-order valence-electron chi connectivity index (χ4n) is 8.30.